The van der Waals surface area contributed by atoms with Crippen molar-refractivity contribution in [3.8, 4) is 11.1 Å². The van der Waals surface area contributed by atoms with Gasteiger partial charge in [-0.05, 0) is 76.3 Å². The fourth-order valence-corrected chi connectivity index (χ4v) is 7.87. The number of carbonyl (C=O) groups is 1. The van der Waals surface area contributed by atoms with Crippen molar-refractivity contribution in [2.24, 2.45) is 4.99 Å². The van der Waals surface area contributed by atoms with E-state index in [1.54, 1.807) is 29.8 Å². The summed E-state index contributed by atoms with van der Waals surface area (Å²) in [6.07, 6.45) is 1.89. The Hall–Kier alpha value is -3.52. The minimum Gasteiger partial charge on any atom is -0.463 e. The van der Waals surface area contributed by atoms with Crippen LogP contribution in [0, 0.1) is 39.0 Å². The molecule has 0 unspecified atom stereocenters. The molecule has 1 aliphatic heterocycles. The van der Waals surface area contributed by atoms with Crippen molar-refractivity contribution >= 4 is 46.1 Å². The van der Waals surface area contributed by atoms with Gasteiger partial charge < -0.3 is 9.30 Å². The van der Waals surface area contributed by atoms with E-state index in [4.69, 9.17) is 4.74 Å². The maximum atomic E-state index is 13.8. The van der Waals surface area contributed by atoms with Crippen molar-refractivity contribution < 1.29 is 9.53 Å². The van der Waals surface area contributed by atoms with Gasteiger partial charge in [0.2, 0.25) is 0 Å². The van der Waals surface area contributed by atoms with Crippen LogP contribution in [0.4, 0.5) is 0 Å². The number of aromatic nitrogens is 2. The number of hydrogen-bond donors (Lipinski definition) is 0. The normalized spacial score (nSPS) is 15.4. The Balaban J connectivity index is 1.69. The molecule has 0 radical (unpaired) electrons. The second kappa shape index (κ2) is 9.98. The molecule has 1 aliphatic rings. The van der Waals surface area contributed by atoms with Crippen LogP contribution in [-0.4, -0.2) is 21.7 Å². The van der Waals surface area contributed by atoms with Crippen LogP contribution >= 0.6 is 34.0 Å². The molecule has 0 fully saturated rings. The van der Waals surface area contributed by atoms with Crippen LogP contribution in [0.25, 0.3) is 11.1 Å². The third-order valence-corrected chi connectivity index (χ3v) is 9.87. The molecule has 0 saturated carbocycles. The monoisotopic (exact) mass is 562 g/mol. The zero-order chi connectivity index (χ0) is 27.3. The molecule has 0 saturated heterocycles. The molecule has 38 heavy (non-hydrogen) atoms. The van der Waals surface area contributed by atoms with E-state index < -0.39 is 12.0 Å². The number of carbonyl (C=O) groups excluding carboxylic acids is 1. The van der Waals surface area contributed by atoms with E-state index in [-0.39, 0.29) is 12.2 Å². The van der Waals surface area contributed by atoms with Crippen molar-refractivity contribution in [3.05, 3.63) is 92.4 Å². The minimum atomic E-state index is -0.588. The summed E-state index contributed by atoms with van der Waals surface area (Å²) in [5.41, 5.74) is 5.25. The van der Waals surface area contributed by atoms with Crippen molar-refractivity contribution in [1.82, 2.24) is 9.13 Å². The SMILES string of the molecule is CCOC(=O)C1=C(C)N=c2s/c(=C/c3cc(C)n(-c4sc(C)c(C)c4C#N)c3C)c(=O)n2[C@@H]1c1cccs1. The number of aryl methyl sites for hydroxylation is 2. The van der Waals surface area contributed by atoms with Gasteiger partial charge in [0.25, 0.3) is 5.56 Å². The first-order valence-corrected chi connectivity index (χ1v) is 14.6. The molecular formula is C28H26N4O3S3. The number of hydrogen-bond acceptors (Lipinski definition) is 8. The lowest BCUT2D eigenvalue weighted by Gasteiger charge is -2.23. The van der Waals surface area contributed by atoms with Crippen LogP contribution in [0.5, 0.6) is 0 Å². The standard InChI is InChI=1S/C28H26N4O3S3/c1-7-35-27(34)23-16(4)30-28-32(24(23)21-9-8-10-36-21)25(33)22(38-28)12-19-11-14(2)31(17(19)5)26-20(13-29)15(3)18(6)37-26/h8-12,24H,7H2,1-6H3/b22-12+/t24-/m1/s1. The molecule has 10 heteroatoms. The largest absolute Gasteiger partial charge is 0.463 e. The Morgan fingerprint density at radius 3 is 2.66 bits per heavy atom. The lowest BCUT2D eigenvalue weighted by Crippen LogP contribution is -2.39. The fraction of sp³-hybridized carbons (Fsp3) is 0.286. The van der Waals surface area contributed by atoms with Gasteiger partial charge in [-0.25, -0.2) is 9.79 Å². The molecule has 0 bridgehead atoms. The Bertz CT molecular complexity index is 1840. The van der Waals surface area contributed by atoms with E-state index in [2.05, 4.69) is 15.6 Å². The van der Waals surface area contributed by atoms with E-state index in [0.717, 1.165) is 37.3 Å². The highest BCUT2D eigenvalue weighted by Crippen LogP contribution is 2.35. The Kier molecular flexibility index (Phi) is 6.86. The zero-order valence-corrected chi connectivity index (χ0v) is 24.4. The molecular weight excluding hydrogens is 537 g/mol. The predicted octanol–water partition coefficient (Wildman–Crippen LogP) is 4.82. The molecule has 5 rings (SSSR count). The number of thiophene rings is 2. The Morgan fingerprint density at radius 1 is 1.24 bits per heavy atom. The highest BCUT2D eigenvalue weighted by atomic mass is 32.1. The molecule has 1 atom stereocenters. The zero-order valence-electron chi connectivity index (χ0n) is 21.9. The molecule has 0 amide bonds. The first-order valence-electron chi connectivity index (χ1n) is 12.1. The summed E-state index contributed by atoms with van der Waals surface area (Å²) in [7, 11) is 0. The van der Waals surface area contributed by atoms with Crippen LogP contribution in [-0.2, 0) is 9.53 Å². The van der Waals surface area contributed by atoms with Crippen LogP contribution in [0.15, 0.2) is 44.6 Å². The Labute approximate surface area is 231 Å². The van der Waals surface area contributed by atoms with Crippen LogP contribution < -0.4 is 14.9 Å². The van der Waals surface area contributed by atoms with Gasteiger partial charge in [-0.1, -0.05) is 17.4 Å². The second-order valence-electron chi connectivity index (χ2n) is 9.05. The smallest absolute Gasteiger partial charge is 0.338 e. The Morgan fingerprint density at radius 2 is 2.00 bits per heavy atom. The summed E-state index contributed by atoms with van der Waals surface area (Å²) in [6.45, 7) is 11.8. The second-order valence-corrected chi connectivity index (χ2v) is 12.2. The molecule has 0 aliphatic carbocycles. The highest BCUT2D eigenvalue weighted by Gasteiger charge is 2.34. The summed E-state index contributed by atoms with van der Waals surface area (Å²) < 4.78 is 9.57. The summed E-state index contributed by atoms with van der Waals surface area (Å²) in [5, 5.41) is 12.6. The summed E-state index contributed by atoms with van der Waals surface area (Å²) in [5.74, 6) is -0.459. The van der Waals surface area contributed by atoms with E-state index in [1.165, 1.54) is 22.7 Å². The number of allylic oxidation sites excluding steroid dienone is 1. The van der Waals surface area contributed by atoms with Gasteiger partial charge in [0, 0.05) is 21.1 Å². The average Bonchev–Trinajstić information content (AvgIpc) is 3.62. The third kappa shape index (κ3) is 4.11. The molecule has 4 aromatic rings. The highest BCUT2D eigenvalue weighted by molar-refractivity contribution is 7.15. The topological polar surface area (TPSA) is 89.4 Å². The van der Waals surface area contributed by atoms with E-state index in [1.807, 2.05) is 57.4 Å². The van der Waals surface area contributed by atoms with Crippen LogP contribution in [0.2, 0.25) is 0 Å². The average molecular weight is 563 g/mol. The predicted molar refractivity (Wildman–Crippen MR) is 152 cm³/mol. The van der Waals surface area contributed by atoms with E-state index in [0.29, 0.717) is 26.2 Å². The van der Waals surface area contributed by atoms with Gasteiger partial charge in [-0.15, -0.1) is 22.7 Å². The van der Waals surface area contributed by atoms with Crippen molar-refractivity contribution in [2.45, 2.75) is 47.6 Å². The van der Waals surface area contributed by atoms with Crippen molar-refractivity contribution in [2.75, 3.05) is 6.61 Å². The van der Waals surface area contributed by atoms with E-state index >= 15 is 0 Å². The number of rotatable bonds is 5. The fourth-order valence-electron chi connectivity index (χ4n) is 4.79. The van der Waals surface area contributed by atoms with Gasteiger partial charge >= 0.3 is 5.97 Å². The number of esters is 1. The summed E-state index contributed by atoms with van der Waals surface area (Å²) in [4.78, 5) is 34.0. The minimum absolute atomic E-state index is 0.202. The summed E-state index contributed by atoms with van der Waals surface area (Å²) in [6, 6.07) is 7.64. The lowest BCUT2D eigenvalue weighted by molar-refractivity contribution is -0.139. The van der Waals surface area contributed by atoms with Gasteiger partial charge in [0.1, 0.15) is 17.1 Å². The molecule has 194 valence electrons. The summed E-state index contributed by atoms with van der Waals surface area (Å²) >= 11 is 4.40. The molecule has 0 spiro atoms. The van der Waals surface area contributed by atoms with Crippen molar-refractivity contribution in [1.29, 1.82) is 5.26 Å². The molecule has 5 heterocycles. The molecule has 7 nitrogen and oxygen atoms in total. The van der Waals surface area contributed by atoms with Gasteiger partial charge in [-0.2, -0.15) is 5.26 Å². The number of nitrogens with zero attached hydrogens (tertiary/aromatic N) is 4. The first-order chi connectivity index (χ1) is 18.2. The van der Waals surface area contributed by atoms with Gasteiger partial charge in [-0.3, -0.25) is 9.36 Å². The van der Waals surface area contributed by atoms with Crippen LogP contribution in [0.3, 0.4) is 0 Å². The number of ether oxygens (including phenoxy) is 1. The number of thiazole rings is 1. The van der Waals surface area contributed by atoms with Crippen molar-refractivity contribution in [3.63, 3.8) is 0 Å². The molecule has 0 aromatic carbocycles. The number of nitriles is 1. The maximum Gasteiger partial charge on any atom is 0.338 e. The number of fused-ring (bicyclic) bond motifs is 1. The quantitative estimate of drug-likeness (QED) is 0.326. The lowest BCUT2D eigenvalue weighted by atomic mass is 10.0. The maximum absolute atomic E-state index is 13.8. The van der Waals surface area contributed by atoms with Crippen LogP contribution in [0.1, 0.15) is 57.7 Å². The first kappa shape index (κ1) is 26.1. The van der Waals surface area contributed by atoms with E-state index in [9.17, 15) is 14.9 Å². The molecule has 0 N–H and O–H groups in total. The molecule has 4 aromatic heterocycles. The van der Waals surface area contributed by atoms with Gasteiger partial charge in [0.15, 0.2) is 4.80 Å². The van der Waals surface area contributed by atoms with Gasteiger partial charge in [0.05, 0.1) is 28.0 Å². The third-order valence-electron chi connectivity index (χ3n) is 6.77.